The first-order valence-corrected chi connectivity index (χ1v) is 9.80. The topological polar surface area (TPSA) is 91.2 Å². The summed E-state index contributed by atoms with van der Waals surface area (Å²) in [6, 6.07) is 3.80. The molecule has 3 heterocycles. The SMILES string of the molecule is O=C(O)Cn1cccc1CN1CCc2nc(C3CCCCC3)[nH]c(=O)c2C1. The van der Waals surface area contributed by atoms with Crippen LogP contribution in [-0.2, 0) is 30.8 Å². The standard InChI is InChI=1S/C20H26N4O3/c25-18(26)13-24-9-4-7-15(24)11-23-10-8-17-16(12-23)20(27)22-19(21-17)14-5-2-1-3-6-14/h4,7,9,14H,1-3,5-6,8,10-13H2,(H,25,26)(H,21,22,27). The van der Waals surface area contributed by atoms with Gasteiger partial charge in [-0.25, -0.2) is 4.98 Å². The zero-order valence-electron chi connectivity index (χ0n) is 15.5. The number of carbonyl (C=O) groups is 1. The van der Waals surface area contributed by atoms with Crippen LogP contribution in [0.1, 0.15) is 60.8 Å². The second-order valence-corrected chi connectivity index (χ2v) is 7.69. The normalized spacial score (nSPS) is 18.4. The van der Waals surface area contributed by atoms with Crippen LogP contribution >= 0.6 is 0 Å². The van der Waals surface area contributed by atoms with Gasteiger partial charge in [0, 0.05) is 43.9 Å². The molecule has 0 radical (unpaired) electrons. The lowest BCUT2D eigenvalue weighted by Crippen LogP contribution is -2.36. The van der Waals surface area contributed by atoms with Gasteiger partial charge in [0.25, 0.3) is 5.56 Å². The number of rotatable bonds is 5. The van der Waals surface area contributed by atoms with Gasteiger partial charge in [-0.1, -0.05) is 19.3 Å². The van der Waals surface area contributed by atoms with E-state index in [9.17, 15) is 9.59 Å². The van der Waals surface area contributed by atoms with E-state index in [2.05, 4.69) is 9.88 Å². The number of carboxylic acid groups (broad SMARTS) is 1. The molecule has 0 saturated heterocycles. The van der Waals surface area contributed by atoms with Crippen LogP contribution in [-0.4, -0.2) is 37.1 Å². The fraction of sp³-hybridized carbons (Fsp3) is 0.550. The Bertz CT molecular complexity index is 880. The second kappa shape index (κ2) is 7.68. The number of carboxylic acids is 1. The average molecular weight is 370 g/mol. The predicted octanol–water partition coefficient (Wildman–Crippen LogP) is 2.26. The molecule has 2 N–H and O–H groups in total. The minimum Gasteiger partial charge on any atom is -0.480 e. The molecule has 144 valence electrons. The first kappa shape index (κ1) is 18.0. The van der Waals surface area contributed by atoms with E-state index in [1.165, 1.54) is 19.3 Å². The van der Waals surface area contributed by atoms with Gasteiger partial charge < -0.3 is 14.7 Å². The van der Waals surface area contributed by atoms with E-state index < -0.39 is 5.97 Å². The number of aromatic amines is 1. The van der Waals surface area contributed by atoms with Crippen molar-refractivity contribution < 1.29 is 9.90 Å². The Morgan fingerprint density at radius 3 is 2.89 bits per heavy atom. The van der Waals surface area contributed by atoms with Crippen molar-refractivity contribution in [3.8, 4) is 0 Å². The Morgan fingerprint density at radius 1 is 1.30 bits per heavy atom. The van der Waals surface area contributed by atoms with E-state index in [1.807, 2.05) is 12.1 Å². The van der Waals surface area contributed by atoms with Crippen molar-refractivity contribution in [2.75, 3.05) is 6.54 Å². The summed E-state index contributed by atoms with van der Waals surface area (Å²) in [7, 11) is 0. The summed E-state index contributed by atoms with van der Waals surface area (Å²) < 4.78 is 1.74. The molecule has 1 fully saturated rings. The minimum absolute atomic E-state index is 0.00816. The number of nitrogens with zero attached hydrogens (tertiary/aromatic N) is 3. The maximum absolute atomic E-state index is 12.7. The van der Waals surface area contributed by atoms with Gasteiger partial charge in [0.1, 0.15) is 12.4 Å². The van der Waals surface area contributed by atoms with Gasteiger partial charge in [-0.05, 0) is 25.0 Å². The largest absolute Gasteiger partial charge is 0.480 e. The van der Waals surface area contributed by atoms with E-state index in [1.54, 1.807) is 10.8 Å². The highest BCUT2D eigenvalue weighted by molar-refractivity contribution is 5.66. The minimum atomic E-state index is -0.854. The monoisotopic (exact) mass is 370 g/mol. The molecule has 0 amide bonds. The molecular formula is C20H26N4O3. The fourth-order valence-corrected chi connectivity index (χ4v) is 4.33. The maximum atomic E-state index is 12.7. The highest BCUT2D eigenvalue weighted by atomic mass is 16.4. The van der Waals surface area contributed by atoms with Crippen molar-refractivity contribution in [2.24, 2.45) is 0 Å². The number of hydrogen-bond acceptors (Lipinski definition) is 4. The summed E-state index contributed by atoms with van der Waals surface area (Å²) in [6.45, 7) is 1.97. The molecule has 2 aromatic rings. The molecule has 1 aliphatic heterocycles. The molecule has 1 saturated carbocycles. The maximum Gasteiger partial charge on any atom is 0.323 e. The summed E-state index contributed by atoms with van der Waals surface area (Å²) in [5, 5.41) is 9.03. The zero-order chi connectivity index (χ0) is 18.8. The lowest BCUT2D eigenvalue weighted by molar-refractivity contribution is -0.137. The van der Waals surface area contributed by atoms with Crippen LogP contribution in [0, 0.1) is 0 Å². The average Bonchev–Trinajstić information content (AvgIpc) is 3.09. The van der Waals surface area contributed by atoms with Crippen LogP contribution < -0.4 is 5.56 Å². The van der Waals surface area contributed by atoms with Crippen molar-refractivity contribution in [1.29, 1.82) is 0 Å². The molecule has 0 bridgehead atoms. The predicted molar refractivity (Wildman–Crippen MR) is 101 cm³/mol. The van der Waals surface area contributed by atoms with Gasteiger partial charge in [-0.2, -0.15) is 0 Å². The van der Waals surface area contributed by atoms with Crippen LogP contribution in [0.25, 0.3) is 0 Å². The third-order valence-electron chi connectivity index (χ3n) is 5.77. The Kier molecular flexibility index (Phi) is 5.11. The molecule has 1 aliphatic carbocycles. The molecule has 7 nitrogen and oxygen atoms in total. The molecule has 0 unspecified atom stereocenters. The van der Waals surface area contributed by atoms with Gasteiger partial charge in [0.2, 0.25) is 0 Å². The van der Waals surface area contributed by atoms with E-state index in [-0.39, 0.29) is 12.1 Å². The highest BCUT2D eigenvalue weighted by Gasteiger charge is 2.25. The molecule has 0 aromatic carbocycles. The Labute approximate surface area is 158 Å². The van der Waals surface area contributed by atoms with Gasteiger partial charge in [-0.15, -0.1) is 0 Å². The van der Waals surface area contributed by atoms with Gasteiger partial charge >= 0.3 is 5.97 Å². The van der Waals surface area contributed by atoms with E-state index >= 15 is 0 Å². The summed E-state index contributed by atoms with van der Waals surface area (Å²) in [6.07, 6.45) is 8.50. The lowest BCUT2D eigenvalue weighted by atomic mass is 9.88. The Hall–Kier alpha value is -2.41. The fourth-order valence-electron chi connectivity index (χ4n) is 4.33. The van der Waals surface area contributed by atoms with Crippen molar-refractivity contribution >= 4 is 5.97 Å². The molecule has 4 rings (SSSR count). The zero-order valence-corrected chi connectivity index (χ0v) is 15.5. The summed E-state index contributed by atoms with van der Waals surface area (Å²) >= 11 is 0. The van der Waals surface area contributed by atoms with Crippen molar-refractivity contribution in [3.05, 3.63) is 51.5 Å². The number of nitrogens with one attached hydrogen (secondary N) is 1. The second-order valence-electron chi connectivity index (χ2n) is 7.69. The van der Waals surface area contributed by atoms with Gasteiger partial charge in [-0.3, -0.25) is 14.5 Å². The van der Waals surface area contributed by atoms with Crippen molar-refractivity contribution in [2.45, 2.75) is 64.1 Å². The Balaban J connectivity index is 1.49. The first-order chi connectivity index (χ1) is 13.1. The number of aromatic nitrogens is 3. The van der Waals surface area contributed by atoms with Crippen LogP contribution in [0.5, 0.6) is 0 Å². The van der Waals surface area contributed by atoms with Crippen LogP contribution in [0.2, 0.25) is 0 Å². The molecule has 2 aromatic heterocycles. The van der Waals surface area contributed by atoms with Crippen LogP contribution in [0.15, 0.2) is 23.1 Å². The van der Waals surface area contributed by atoms with E-state index in [4.69, 9.17) is 10.1 Å². The third-order valence-corrected chi connectivity index (χ3v) is 5.77. The lowest BCUT2D eigenvalue weighted by Gasteiger charge is -2.29. The molecule has 0 spiro atoms. The smallest absolute Gasteiger partial charge is 0.323 e. The summed E-state index contributed by atoms with van der Waals surface area (Å²) in [5.41, 5.74) is 2.64. The van der Waals surface area contributed by atoms with Gasteiger partial charge in [0.05, 0.1) is 11.3 Å². The molecule has 27 heavy (non-hydrogen) atoms. The van der Waals surface area contributed by atoms with E-state index in [0.29, 0.717) is 19.0 Å². The van der Waals surface area contributed by atoms with Crippen LogP contribution in [0.4, 0.5) is 0 Å². The van der Waals surface area contributed by atoms with Crippen molar-refractivity contribution in [1.82, 2.24) is 19.4 Å². The quantitative estimate of drug-likeness (QED) is 0.842. The molecule has 2 aliphatic rings. The molecular weight excluding hydrogens is 344 g/mol. The van der Waals surface area contributed by atoms with Crippen molar-refractivity contribution in [3.63, 3.8) is 0 Å². The molecule has 7 heteroatoms. The molecule has 0 atom stereocenters. The van der Waals surface area contributed by atoms with Gasteiger partial charge in [0.15, 0.2) is 0 Å². The number of H-pyrrole nitrogens is 1. The summed E-state index contributed by atoms with van der Waals surface area (Å²) in [4.78, 5) is 33.7. The summed E-state index contributed by atoms with van der Waals surface area (Å²) in [5.74, 6) is 0.420. The third kappa shape index (κ3) is 3.98. The highest BCUT2D eigenvalue weighted by Crippen LogP contribution is 2.30. The number of fused-ring (bicyclic) bond motifs is 1. The van der Waals surface area contributed by atoms with Crippen LogP contribution in [0.3, 0.4) is 0 Å². The Morgan fingerprint density at radius 2 is 2.11 bits per heavy atom. The first-order valence-electron chi connectivity index (χ1n) is 9.80. The number of hydrogen-bond donors (Lipinski definition) is 2. The number of aliphatic carboxylic acids is 1. The van der Waals surface area contributed by atoms with E-state index in [0.717, 1.165) is 48.6 Å².